The molecule has 1 atom stereocenters. The van der Waals surface area contributed by atoms with Crippen LogP contribution >= 0.6 is 11.8 Å². The van der Waals surface area contributed by atoms with E-state index in [9.17, 15) is 9.59 Å². The molecule has 3 aromatic rings. The minimum atomic E-state index is -0.180. The van der Waals surface area contributed by atoms with Crippen molar-refractivity contribution in [3.8, 4) is 5.75 Å². The highest BCUT2D eigenvalue weighted by molar-refractivity contribution is 8.00. The van der Waals surface area contributed by atoms with Crippen molar-refractivity contribution in [2.75, 3.05) is 23.1 Å². The van der Waals surface area contributed by atoms with Crippen LogP contribution in [0.5, 0.6) is 5.75 Å². The van der Waals surface area contributed by atoms with Crippen molar-refractivity contribution < 1.29 is 14.3 Å². The molecule has 1 aliphatic heterocycles. The highest BCUT2D eigenvalue weighted by Crippen LogP contribution is 2.43. The number of hydrogen-bond acceptors (Lipinski definition) is 4. The van der Waals surface area contributed by atoms with Gasteiger partial charge in [-0.1, -0.05) is 43.7 Å². The second-order valence-corrected chi connectivity index (χ2v) is 8.68. The molecule has 164 valence electrons. The first-order chi connectivity index (χ1) is 15.6. The van der Waals surface area contributed by atoms with Crippen LogP contribution in [0.3, 0.4) is 0 Å². The van der Waals surface area contributed by atoms with E-state index in [1.54, 1.807) is 43.1 Å². The van der Waals surface area contributed by atoms with Gasteiger partial charge in [0.15, 0.2) is 0 Å². The number of nitrogens with zero attached hydrogens (tertiary/aromatic N) is 1. The Morgan fingerprint density at radius 1 is 1.06 bits per heavy atom. The fourth-order valence-corrected chi connectivity index (χ4v) is 5.00. The zero-order valence-corrected chi connectivity index (χ0v) is 19.0. The Bertz CT molecular complexity index is 1100. The van der Waals surface area contributed by atoms with Crippen LogP contribution in [0.15, 0.2) is 72.8 Å². The molecule has 0 aromatic heterocycles. The van der Waals surface area contributed by atoms with Gasteiger partial charge in [-0.15, -0.1) is 11.8 Å². The van der Waals surface area contributed by atoms with Gasteiger partial charge >= 0.3 is 0 Å². The van der Waals surface area contributed by atoms with E-state index in [0.717, 1.165) is 24.1 Å². The van der Waals surface area contributed by atoms with Crippen molar-refractivity contribution in [1.29, 1.82) is 0 Å². The van der Waals surface area contributed by atoms with Crippen molar-refractivity contribution in [1.82, 2.24) is 0 Å². The molecule has 3 aromatic carbocycles. The highest BCUT2D eigenvalue weighted by atomic mass is 32.2. The van der Waals surface area contributed by atoms with Gasteiger partial charge in [0.25, 0.3) is 5.91 Å². The Hall–Kier alpha value is -3.25. The summed E-state index contributed by atoms with van der Waals surface area (Å²) in [6.45, 7) is 2.15. The SMILES string of the molecule is CCCc1ccccc1N1C(=O)CS[C@@H]1c1ccc(NC(=O)c2ccc(OC)cc2)cc1. The van der Waals surface area contributed by atoms with Gasteiger partial charge < -0.3 is 10.1 Å². The summed E-state index contributed by atoms with van der Waals surface area (Å²) in [5.41, 5.74) is 4.49. The van der Waals surface area contributed by atoms with E-state index in [-0.39, 0.29) is 17.2 Å². The first-order valence-corrected chi connectivity index (χ1v) is 11.7. The Morgan fingerprint density at radius 2 is 1.78 bits per heavy atom. The van der Waals surface area contributed by atoms with Crippen LogP contribution in [0.2, 0.25) is 0 Å². The van der Waals surface area contributed by atoms with Gasteiger partial charge in [-0.3, -0.25) is 14.5 Å². The largest absolute Gasteiger partial charge is 0.497 e. The van der Waals surface area contributed by atoms with Crippen LogP contribution < -0.4 is 15.0 Å². The third-order valence-corrected chi connectivity index (χ3v) is 6.66. The molecule has 0 spiro atoms. The molecule has 0 aliphatic carbocycles. The third-order valence-electron chi connectivity index (χ3n) is 5.44. The smallest absolute Gasteiger partial charge is 0.255 e. The van der Waals surface area contributed by atoms with E-state index in [0.29, 0.717) is 22.8 Å². The van der Waals surface area contributed by atoms with Crippen LogP contribution in [0, 0.1) is 0 Å². The first-order valence-electron chi connectivity index (χ1n) is 10.7. The molecule has 4 rings (SSSR count). The summed E-state index contributed by atoms with van der Waals surface area (Å²) in [5.74, 6) is 1.11. The van der Waals surface area contributed by atoms with Gasteiger partial charge in [-0.25, -0.2) is 0 Å². The molecular formula is C26H26N2O3S. The Kier molecular flexibility index (Phi) is 6.81. The quantitative estimate of drug-likeness (QED) is 0.507. The van der Waals surface area contributed by atoms with Gasteiger partial charge in [0.2, 0.25) is 5.91 Å². The molecule has 32 heavy (non-hydrogen) atoms. The van der Waals surface area contributed by atoms with Crippen LogP contribution in [0.1, 0.15) is 40.2 Å². The Morgan fingerprint density at radius 3 is 2.47 bits per heavy atom. The number of para-hydroxylation sites is 1. The number of rotatable bonds is 7. The zero-order chi connectivity index (χ0) is 22.5. The average molecular weight is 447 g/mol. The third kappa shape index (κ3) is 4.65. The molecule has 1 aliphatic rings. The second kappa shape index (κ2) is 9.92. The van der Waals surface area contributed by atoms with Crippen molar-refractivity contribution in [3.05, 3.63) is 89.5 Å². The number of ether oxygens (including phenoxy) is 1. The van der Waals surface area contributed by atoms with Crippen molar-refractivity contribution in [2.24, 2.45) is 0 Å². The van der Waals surface area contributed by atoms with Crippen molar-refractivity contribution >= 4 is 35.0 Å². The number of methoxy groups -OCH3 is 1. The number of carbonyl (C=O) groups excluding carboxylic acids is 2. The normalized spacial score (nSPS) is 15.6. The summed E-state index contributed by atoms with van der Waals surface area (Å²) >= 11 is 1.63. The monoisotopic (exact) mass is 446 g/mol. The van der Waals surface area contributed by atoms with Crippen molar-refractivity contribution in [2.45, 2.75) is 25.1 Å². The summed E-state index contributed by atoms with van der Waals surface area (Å²) in [6, 6.07) is 22.9. The maximum Gasteiger partial charge on any atom is 0.255 e. The molecule has 2 amide bonds. The number of aryl methyl sites for hydroxylation is 1. The van der Waals surface area contributed by atoms with Crippen LogP contribution in [0.25, 0.3) is 0 Å². The molecule has 1 heterocycles. The topological polar surface area (TPSA) is 58.6 Å². The number of anilines is 2. The number of nitrogens with one attached hydrogen (secondary N) is 1. The molecular weight excluding hydrogens is 420 g/mol. The fourth-order valence-electron chi connectivity index (χ4n) is 3.83. The summed E-state index contributed by atoms with van der Waals surface area (Å²) in [7, 11) is 1.59. The summed E-state index contributed by atoms with van der Waals surface area (Å²) in [6.07, 6.45) is 1.97. The molecule has 5 nitrogen and oxygen atoms in total. The number of amides is 2. The minimum absolute atomic E-state index is 0.0770. The van der Waals surface area contributed by atoms with E-state index >= 15 is 0 Å². The summed E-state index contributed by atoms with van der Waals surface area (Å²) in [4.78, 5) is 27.2. The van der Waals surface area contributed by atoms with E-state index < -0.39 is 0 Å². The molecule has 0 radical (unpaired) electrons. The standard InChI is InChI=1S/C26H26N2O3S/c1-3-6-18-7-4-5-8-23(18)28-24(29)17-32-26(28)20-9-13-21(14-10-20)27-25(30)19-11-15-22(31-2)16-12-19/h4-5,7-16,26H,3,6,17H2,1-2H3,(H,27,30)/t26-/m1/s1. The van der Waals surface area contributed by atoms with Gasteiger partial charge in [0, 0.05) is 16.9 Å². The predicted octanol–water partition coefficient (Wildman–Crippen LogP) is 5.68. The molecule has 1 fully saturated rings. The maximum atomic E-state index is 12.8. The summed E-state index contributed by atoms with van der Waals surface area (Å²) < 4.78 is 5.14. The van der Waals surface area contributed by atoms with E-state index in [1.807, 2.05) is 47.4 Å². The number of carbonyl (C=O) groups is 2. The number of benzene rings is 3. The molecule has 1 N–H and O–H groups in total. The first kappa shape index (κ1) is 22.0. The van der Waals surface area contributed by atoms with Gasteiger partial charge in [0.1, 0.15) is 11.1 Å². The van der Waals surface area contributed by atoms with Gasteiger partial charge in [-0.05, 0) is 60.0 Å². The fraction of sp³-hybridized carbons (Fsp3) is 0.231. The lowest BCUT2D eigenvalue weighted by atomic mass is 10.1. The second-order valence-electron chi connectivity index (χ2n) is 7.61. The summed E-state index contributed by atoms with van der Waals surface area (Å²) in [5, 5.41) is 2.85. The lowest BCUT2D eigenvalue weighted by Gasteiger charge is -2.26. The highest BCUT2D eigenvalue weighted by Gasteiger charge is 2.34. The Labute approximate surface area is 192 Å². The van der Waals surface area contributed by atoms with Crippen LogP contribution in [-0.2, 0) is 11.2 Å². The van der Waals surface area contributed by atoms with Crippen molar-refractivity contribution in [3.63, 3.8) is 0 Å². The van der Waals surface area contributed by atoms with Gasteiger partial charge in [-0.2, -0.15) is 0 Å². The van der Waals surface area contributed by atoms with Crippen LogP contribution in [-0.4, -0.2) is 24.7 Å². The minimum Gasteiger partial charge on any atom is -0.497 e. The average Bonchev–Trinajstić information content (AvgIpc) is 3.21. The molecule has 6 heteroatoms. The number of hydrogen-bond donors (Lipinski definition) is 1. The Balaban J connectivity index is 1.51. The molecule has 0 saturated carbocycles. The van der Waals surface area contributed by atoms with E-state index in [1.165, 1.54) is 5.56 Å². The molecule has 1 saturated heterocycles. The predicted molar refractivity (Wildman–Crippen MR) is 131 cm³/mol. The van der Waals surface area contributed by atoms with Gasteiger partial charge in [0.05, 0.1) is 12.9 Å². The van der Waals surface area contributed by atoms with E-state index in [2.05, 4.69) is 18.3 Å². The lowest BCUT2D eigenvalue weighted by Crippen LogP contribution is -2.28. The van der Waals surface area contributed by atoms with E-state index in [4.69, 9.17) is 4.74 Å². The molecule has 0 bridgehead atoms. The number of thioether (sulfide) groups is 1. The molecule has 0 unspecified atom stereocenters. The maximum absolute atomic E-state index is 12.8. The van der Waals surface area contributed by atoms with Crippen LogP contribution in [0.4, 0.5) is 11.4 Å². The lowest BCUT2D eigenvalue weighted by molar-refractivity contribution is -0.115. The zero-order valence-electron chi connectivity index (χ0n) is 18.2.